The molecule has 1 fully saturated rings. The third-order valence-corrected chi connectivity index (χ3v) is 7.65. The van der Waals surface area contributed by atoms with E-state index in [2.05, 4.69) is 20.9 Å². The Morgan fingerprint density at radius 3 is 2.62 bits per heavy atom. The van der Waals surface area contributed by atoms with Gasteiger partial charge in [-0.05, 0) is 48.9 Å². The molecule has 0 unspecified atom stereocenters. The molecule has 1 aliphatic rings. The van der Waals surface area contributed by atoms with Crippen LogP contribution >= 0.6 is 0 Å². The third-order valence-electron chi connectivity index (χ3n) is 6.83. The smallest absolute Gasteiger partial charge is 0.332 e. The molecule has 2 N–H and O–H groups in total. The van der Waals surface area contributed by atoms with Crippen LogP contribution in [-0.4, -0.2) is 37.7 Å². The molecule has 1 aliphatic heterocycles. The van der Waals surface area contributed by atoms with Gasteiger partial charge in [0.2, 0.25) is 0 Å². The Hall–Kier alpha value is -4.20. The van der Waals surface area contributed by atoms with Crippen LogP contribution in [0.1, 0.15) is 18.5 Å². The van der Waals surface area contributed by atoms with Gasteiger partial charge in [-0.25, -0.2) is 0 Å². The summed E-state index contributed by atoms with van der Waals surface area (Å²) in [6, 6.07) is 16.5. The molecule has 2 aromatic heterocycles. The maximum Gasteiger partial charge on any atom is 0.332 e. The standard InChI is InChI=1S/C27H21FN4O4S/c1-2-36-24-11-21-23(10-20(24)16-4-3-5-18(9-16)37(28,34)35)32(17-13-30-14-17)27-25(26(21)33)19-7-6-15(12-29)8-22(19)31-27/h3-11,17,30-31H,2,13-14H2,1H3. The van der Waals surface area contributed by atoms with Crippen molar-refractivity contribution in [2.75, 3.05) is 19.7 Å². The summed E-state index contributed by atoms with van der Waals surface area (Å²) in [5.41, 5.74) is 3.27. The molecule has 0 atom stereocenters. The second-order valence-electron chi connectivity index (χ2n) is 9.00. The predicted octanol–water partition coefficient (Wildman–Crippen LogP) is 4.38. The van der Waals surface area contributed by atoms with Crippen LogP contribution in [0.2, 0.25) is 0 Å². The summed E-state index contributed by atoms with van der Waals surface area (Å²) < 4.78 is 44.9. The molecule has 0 radical (unpaired) electrons. The number of hydrogen-bond donors (Lipinski definition) is 2. The van der Waals surface area contributed by atoms with Crippen molar-refractivity contribution in [2.45, 2.75) is 17.9 Å². The van der Waals surface area contributed by atoms with E-state index in [0.29, 0.717) is 69.6 Å². The number of hydrogen-bond acceptors (Lipinski definition) is 6. The third kappa shape index (κ3) is 3.66. The molecule has 5 aromatic rings. The zero-order valence-electron chi connectivity index (χ0n) is 19.7. The maximum atomic E-state index is 13.9. The Morgan fingerprint density at radius 1 is 1.14 bits per heavy atom. The van der Waals surface area contributed by atoms with Crippen molar-refractivity contribution >= 4 is 43.1 Å². The van der Waals surface area contributed by atoms with Crippen LogP contribution in [-0.2, 0) is 10.2 Å². The van der Waals surface area contributed by atoms with Crippen molar-refractivity contribution in [3.8, 4) is 22.9 Å². The van der Waals surface area contributed by atoms with Crippen LogP contribution in [0.4, 0.5) is 3.89 Å². The largest absolute Gasteiger partial charge is 0.493 e. The second-order valence-corrected chi connectivity index (χ2v) is 10.3. The van der Waals surface area contributed by atoms with Crippen molar-refractivity contribution in [2.24, 2.45) is 0 Å². The molecular formula is C27H21FN4O4S. The highest BCUT2D eigenvalue weighted by atomic mass is 32.3. The lowest BCUT2D eigenvalue weighted by Gasteiger charge is -2.32. The van der Waals surface area contributed by atoms with Crippen molar-refractivity contribution in [3.05, 3.63) is 70.4 Å². The number of aromatic nitrogens is 2. The van der Waals surface area contributed by atoms with E-state index in [1.165, 1.54) is 18.2 Å². The monoisotopic (exact) mass is 516 g/mol. The fourth-order valence-electron chi connectivity index (χ4n) is 5.02. The number of pyridine rings is 1. The van der Waals surface area contributed by atoms with Crippen LogP contribution < -0.4 is 15.5 Å². The molecule has 0 aliphatic carbocycles. The summed E-state index contributed by atoms with van der Waals surface area (Å²) in [6.07, 6.45) is 0. The molecule has 186 valence electrons. The van der Waals surface area contributed by atoms with Gasteiger partial charge in [0.15, 0.2) is 5.43 Å². The number of nitriles is 1. The molecule has 3 aromatic carbocycles. The fourth-order valence-corrected chi connectivity index (χ4v) is 5.53. The number of fused-ring (bicyclic) bond motifs is 4. The van der Waals surface area contributed by atoms with Gasteiger partial charge in [-0.2, -0.15) is 13.7 Å². The molecule has 0 bridgehead atoms. The molecule has 37 heavy (non-hydrogen) atoms. The molecule has 6 rings (SSSR count). The summed E-state index contributed by atoms with van der Waals surface area (Å²) in [4.78, 5) is 16.8. The molecule has 1 saturated heterocycles. The predicted molar refractivity (Wildman–Crippen MR) is 139 cm³/mol. The maximum absolute atomic E-state index is 13.9. The number of aromatic amines is 1. The Labute approximate surface area is 211 Å². The summed E-state index contributed by atoms with van der Waals surface area (Å²) in [5, 5.41) is 14.3. The van der Waals surface area contributed by atoms with Gasteiger partial charge >= 0.3 is 10.2 Å². The van der Waals surface area contributed by atoms with E-state index in [0.717, 1.165) is 5.39 Å². The minimum Gasteiger partial charge on any atom is -0.493 e. The van der Waals surface area contributed by atoms with Crippen molar-refractivity contribution in [3.63, 3.8) is 0 Å². The number of halogens is 1. The van der Waals surface area contributed by atoms with E-state index in [4.69, 9.17) is 4.74 Å². The molecule has 3 heterocycles. The minimum atomic E-state index is -4.91. The van der Waals surface area contributed by atoms with E-state index >= 15 is 0 Å². The highest BCUT2D eigenvalue weighted by molar-refractivity contribution is 7.86. The number of rotatable bonds is 5. The number of ether oxygens (including phenoxy) is 1. The van der Waals surface area contributed by atoms with Crippen LogP contribution in [0.5, 0.6) is 5.75 Å². The zero-order valence-corrected chi connectivity index (χ0v) is 20.5. The zero-order chi connectivity index (χ0) is 25.9. The first kappa shape index (κ1) is 23.2. The SMILES string of the molecule is CCOc1cc2c(=O)c3c4ccc(C#N)cc4[nH]c3n(C3CNC3)c2cc1-c1cccc(S(=O)(=O)F)c1. The number of nitrogens with zero attached hydrogens (tertiary/aromatic N) is 2. The first-order valence-electron chi connectivity index (χ1n) is 11.8. The highest BCUT2D eigenvalue weighted by Crippen LogP contribution is 2.38. The van der Waals surface area contributed by atoms with Gasteiger partial charge in [0, 0.05) is 29.6 Å². The molecular weight excluding hydrogens is 495 g/mol. The van der Waals surface area contributed by atoms with Crippen molar-refractivity contribution in [1.29, 1.82) is 5.26 Å². The van der Waals surface area contributed by atoms with E-state index in [-0.39, 0.29) is 11.5 Å². The van der Waals surface area contributed by atoms with Crippen LogP contribution in [0.25, 0.3) is 44.0 Å². The van der Waals surface area contributed by atoms with Crippen molar-refractivity contribution in [1.82, 2.24) is 14.9 Å². The Kier molecular flexibility index (Phi) is 5.29. The van der Waals surface area contributed by atoms with Gasteiger partial charge in [-0.1, -0.05) is 18.2 Å². The highest BCUT2D eigenvalue weighted by Gasteiger charge is 2.26. The van der Waals surface area contributed by atoms with Crippen molar-refractivity contribution < 1.29 is 17.0 Å². The van der Waals surface area contributed by atoms with Gasteiger partial charge in [0.1, 0.15) is 11.4 Å². The van der Waals surface area contributed by atoms with Gasteiger partial charge in [0.25, 0.3) is 0 Å². The first-order chi connectivity index (χ1) is 17.8. The average molecular weight is 517 g/mol. The fraction of sp³-hybridized carbons (Fsp3) is 0.185. The molecule has 8 nitrogen and oxygen atoms in total. The summed E-state index contributed by atoms with van der Waals surface area (Å²) >= 11 is 0. The van der Waals surface area contributed by atoms with E-state index < -0.39 is 15.1 Å². The quantitative estimate of drug-likeness (QED) is 0.335. The topological polar surface area (TPSA) is 117 Å². The normalized spacial score (nSPS) is 14.2. The number of H-pyrrole nitrogens is 1. The van der Waals surface area contributed by atoms with Crippen LogP contribution in [0.3, 0.4) is 0 Å². The van der Waals surface area contributed by atoms with Gasteiger partial charge < -0.3 is 19.6 Å². The van der Waals surface area contributed by atoms with Gasteiger partial charge in [0.05, 0.1) is 45.5 Å². The average Bonchev–Trinajstić information content (AvgIpc) is 3.23. The van der Waals surface area contributed by atoms with E-state index in [9.17, 15) is 22.4 Å². The van der Waals surface area contributed by atoms with Gasteiger partial charge in [-0.3, -0.25) is 4.79 Å². The summed E-state index contributed by atoms with van der Waals surface area (Å²) in [5.74, 6) is 0.393. The summed E-state index contributed by atoms with van der Waals surface area (Å²) in [7, 11) is -4.91. The molecule has 10 heteroatoms. The number of nitrogens with one attached hydrogen (secondary N) is 2. The Bertz CT molecular complexity index is 1950. The lowest BCUT2D eigenvalue weighted by molar-refractivity contribution is 0.341. The Morgan fingerprint density at radius 2 is 1.95 bits per heavy atom. The molecule has 0 amide bonds. The minimum absolute atomic E-state index is 0.0532. The van der Waals surface area contributed by atoms with E-state index in [1.807, 2.05) is 6.92 Å². The lowest BCUT2D eigenvalue weighted by atomic mass is 9.99. The Balaban J connectivity index is 1.74. The van der Waals surface area contributed by atoms with Gasteiger partial charge in [-0.15, -0.1) is 3.89 Å². The molecule has 0 spiro atoms. The van der Waals surface area contributed by atoms with Crippen LogP contribution in [0.15, 0.2) is 64.3 Å². The lowest BCUT2D eigenvalue weighted by Crippen LogP contribution is -2.44. The second kappa shape index (κ2) is 8.44. The first-order valence-corrected chi connectivity index (χ1v) is 13.1. The molecule has 0 saturated carbocycles. The number of benzene rings is 3. The van der Waals surface area contributed by atoms with E-state index in [1.54, 1.807) is 36.4 Å². The van der Waals surface area contributed by atoms with Crippen LogP contribution in [0, 0.1) is 11.3 Å². The summed E-state index contributed by atoms with van der Waals surface area (Å²) in [6.45, 7) is 3.52.